The number of alkyl halides is 3. The van der Waals surface area contributed by atoms with Gasteiger partial charge in [-0.15, -0.1) is 0 Å². The molecular formula is C15H14F3NO. The van der Waals surface area contributed by atoms with Gasteiger partial charge in [0.2, 0.25) is 0 Å². The zero-order valence-electron chi connectivity index (χ0n) is 11.2. The summed E-state index contributed by atoms with van der Waals surface area (Å²) in [5.41, 5.74) is 1.53. The van der Waals surface area contributed by atoms with Gasteiger partial charge in [0.15, 0.2) is 0 Å². The summed E-state index contributed by atoms with van der Waals surface area (Å²) in [5.74, 6) is 0. The molecule has 0 fully saturated rings. The van der Waals surface area contributed by atoms with Crippen LogP contribution in [0.25, 0.3) is 0 Å². The summed E-state index contributed by atoms with van der Waals surface area (Å²) in [6.07, 6.45) is -3.58. The second kappa shape index (κ2) is 5.15. The highest BCUT2D eigenvalue weighted by Gasteiger charge is 2.31. The van der Waals surface area contributed by atoms with Gasteiger partial charge in [-0.05, 0) is 31.0 Å². The molecular weight excluding hydrogens is 267 g/mol. The molecule has 2 rings (SSSR count). The van der Waals surface area contributed by atoms with Crippen molar-refractivity contribution in [3.63, 3.8) is 0 Å². The second-order valence-electron chi connectivity index (χ2n) is 4.81. The lowest BCUT2D eigenvalue weighted by molar-refractivity contribution is -0.138. The van der Waals surface area contributed by atoms with Crippen molar-refractivity contribution in [1.29, 1.82) is 0 Å². The van der Waals surface area contributed by atoms with E-state index in [9.17, 15) is 18.0 Å². The predicted octanol–water partition coefficient (Wildman–Crippen LogP) is 3.53. The van der Waals surface area contributed by atoms with Crippen LogP contribution < -0.4 is 5.56 Å². The maximum atomic E-state index is 12.7. The van der Waals surface area contributed by atoms with Crippen LogP contribution in [0.3, 0.4) is 0 Å². The van der Waals surface area contributed by atoms with E-state index in [1.165, 1.54) is 0 Å². The van der Waals surface area contributed by atoms with Crippen molar-refractivity contribution in [2.24, 2.45) is 0 Å². The van der Waals surface area contributed by atoms with E-state index in [1.807, 2.05) is 32.0 Å². The van der Waals surface area contributed by atoms with Crippen molar-refractivity contribution < 1.29 is 13.2 Å². The zero-order chi connectivity index (χ0) is 14.9. The molecule has 5 heteroatoms. The largest absolute Gasteiger partial charge is 0.417 e. The lowest BCUT2D eigenvalue weighted by Gasteiger charge is -2.12. The summed E-state index contributed by atoms with van der Waals surface area (Å²) in [5, 5.41) is 0. The number of aromatic nitrogens is 1. The molecule has 0 aliphatic carbocycles. The van der Waals surface area contributed by atoms with Crippen LogP contribution >= 0.6 is 0 Å². The highest BCUT2D eigenvalue weighted by atomic mass is 19.4. The first-order valence-corrected chi connectivity index (χ1v) is 6.11. The first-order chi connectivity index (χ1) is 9.27. The van der Waals surface area contributed by atoms with Gasteiger partial charge >= 0.3 is 6.18 Å². The van der Waals surface area contributed by atoms with Crippen molar-refractivity contribution in [3.8, 4) is 0 Å². The van der Waals surface area contributed by atoms with Crippen LogP contribution in [0.4, 0.5) is 13.2 Å². The lowest BCUT2D eigenvalue weighted by Crippen LogP contribution is -2.22. The molecule has 0 aliphatic rings. The van der Waals surface area contributed by atoms with Gasteiger partial charge in [-0.2, -0.15) is 13.2 Å². The summed E-state index contributed by atoms with van der Waals surface area (Å²) in [4.78, 5) is 11.7. The molecule has 0 bridgehead atoms. The van der Waals surface area contributed by atoms with E-state index in [0.29, 0.717) is 0 Å². The number of rotatable bonds is 2. The summed E-state index contributed by atoms with van der Waals surface area (Å²) in [7, 11) is 0. The van der Waals surface area contributed by atoms with Gasteiger partial charge < -0.3 is 4.57 Å². The Morgan fingerprint density at radius 3 is 2.45 bits per heavy atom. The number of hydrogen-bond donors (Lipinski definition) is 0. The van der Waals surface area contributed by atoms with Crippen LogP contribution in [0.2, 0.25) is 0 Å². The monoisotopic (exact) mass is 281 g/mol. The quantitative estimate of drug-likeness (QED) is 0.825. The minimum absolute atomic E-state index is 0.135. The molecule has 2 aromatic rings. The van der Waals surface area contributed by atoms with Gasteiger partial charge in [0.1, 0.15) is 0 Å². The minimum atomic E-state index is -4.45. The molecule has 0 radical (unpaired) electrons. The molecule has 0 amide bonds. The van der Waals surface area contributed by atoms with Crippen LogP contribution in [0.15, 0.2) is 41.3 Å². The summed E-state index contributed by atoms with van der Waals surface area (Å²) in [6, 6.07) is 7.45. The van der Waals surface area contributed by atoms with Crippen LogP contribution in [-0.4, -0.2) is 4.57 Å². The van der Waals surface area contributed by atoms with Crippen molar-refractivity contribution in [3.05, 3.63) is 69.1 Å². The molecule has 0 spiro atoms. The van der Waals surface area contributed by atoms with E-state index >= 15 is 0 Å². The number of halogens is 3. The SMILES string of the molecule is Cc1ccc(C)c(Cn2cc(C(F)(F)F)ccc2=O)c1. The van der Waals surface area contributed by atoms with E-state index < -0.39 is 17.3 Å². The molecule has 0 saturated heterocycles. The Morgan fingerprint density at radius 1 is 1.10 bits per heavy atom. The maximum absolute atomic E-state index is 12.7. The second-order valence-corrected chi connectivity index (χ2v) is 4.81. The summed E-state index contributed by atoms with van der Waals surface area (Å²) >= 11 is 0. The average molecular weight is 281 g/mol. The van der Waals surface area contributed by atoms with E-state index in [1.54, 1.807) is 0 Å². The fourth-order valence-electron chi connectivity index (χ4n) is 1.98. The van der Waals surface area contributed by atoms with Gasteiger partial charge in [0.05, 0.1) is 12.1 Å². The smallest absolute Gasteiger partial charge is 0.310 e. The standard InChI is InChI=1S/C15H14F3NO/c1-10-3-4-11(2)12(7-10)8-19-9-13(15(16,17)18)5-6-14(19)20/h3-7,9H,8H2,1-2H3. The lowest BCUT2D eigenvalue weighted by atomic mass is 10.1. The Balaban J connectivity index is 2.43. The number of benzene rings is 1. The molecule has 1 aromatic heterocycles. The van der Waals surface area contributed by atoms with Crippen LogP contribution in [0, 0.1) is 13.8 Å². The Hall–Kier alpha value is -2.04. The molecule has 0 atom stereocenters. The third kappa shape index (κ3) is 3.10. The zero-order valence-corrected chi connectivity index (χ0v) is 11.2. The molecule has 20 heavy (non-hydrogen) atoms. The highest BCUT2D eigenvalue weighted by Crippen LogP contribution is 2.28. The molecule has 1 aromatic carbocycles. The fraction of sp³-hybridized carbons (Fsp3) is 0.267. The van der Waals surface area contributed by atoms with Crippen LogP contribution in [0.5, 0.6) is 0 Å². The number of hydrogen-bond acceptors (Lipinski definition) is 1. The van der Waals surface area contributed by atoms with Gasteiger partial charge in [0.25, 0.3) is 5.56 Å². The molecule has 2 nitrogen and oxygen atoms in total. The van der Waals surface area contributed by atoms with E-state index in [0.717, 1.165) is 39.6 Å². The topological polar surface area (TPSA) is 22.0 Å². The average Bonchev–Trinajstić information content (AvgIpc) is 2.35. The molecule has 0 saturated carbocycles. The summed E-state index contributed by atoms with van der Waals surface area (Å²) < 4.78 is 39.1. The van der Waals surface area contributed by atoms with Crippen LogP contribution in [-0.2, 0) is 12.7 Å². The highest BCUT2D eigenvalue weighted by molar-refractivity contribution is 5.31. The number of aryl methyl sites for hydroxylation is 2. The normalized spacial score (nSPS) is 11.7. The fourth-order valence-corrected chi connectivity index (χ4v) is 1.98. The van der Waals surface area contributed by atoms with Gasteiger partial charge in [0, 0.05) is 12.3 Å². The molecule has 0 unspecified atom stereocenters. The molecule has 1 heterocycles. The molecule has 0 N–H and O–H groups in total. The van der Waals surface area contributed by atoms with Crippen LogP contribution in [0.1, 0.15) is 22.3 Å². The van der Waals surface area contributed by atoms with Gasteiger partial charge in [-0.3, -0.25) is 4.79 Å². The van der Waals surface area contributed by atoms with Crippen molar-refractivity contribution >= 4 is 0 Å². The summed E-state index contributed by atoms with van der Waals surface area (Å²) in [6.45, 7) is 3.90. The van der Waals surface area contributed by atoms with Gasteiger partial charge in [-0.1, -0.05) is 23.8 Å². The van der Waals surface area contributed by atoms with Crippen molar-refractivity contribution in [1.82, 2.24) is 4.57 Å². The maximum Gasteiger partial charge on any atom is 0.417 e. The minimum Gasteiger partial charge on any atom is -0.310 e. The first kappa shape index (κ1) is 14.4. The first-order valence-electron chi connectivity index (χ1n) is 6.11. The third-order valence-corrected chi connectivity index (χ3v) is 3.16. The molecule has 0 aliphatic heterocycles. The number of nitrogens with zero attached hydrogens (tertiary/aromatic N) is 1. The van der Waals surface area contributed by atoms with Crippen molar-refractivity contribution in [2.45, 2.75) is 26.6 Å². The molecule has 106 valence electrons. The predicted molar refractivity (Wildman–Crippen MR) is 70.7 cm³/mol. The van der Waals surface area contributed by atoms with E-state index in [4.69, 9.17) is 0 Å². The van der Waals surface area contributed by atoms with E-state index in [2.05, 4.69) is 0 Å². The third-order valence-electron chi connectivity index (χ3n) is 3.16. The Bertz CT molecular complexity index is 686. The number of pyridine rings is 1. The Morgan fingerprint density at radius 2 is 1.80 bits per heavy atom. The Labute approximate surface area is 114 Å². The van der Waals surface area contributed by atoms with Gasteiger partial charge in [-0.25, -0.2) is 0 Å². The van der Waals surface area contributed by atoms with Crippen molar-refractivity contribution in [2.75, 3.05) is 0 Å². The van der Waals surface area contributed by atoms with E-state index in [-0.39, 0.29) is 6.54 Å². The Kier molecular flexibility index (Phi) is 3.70.